The van der Waals surface area contributed by atoms with Crippen LogP contribution in [-0.4, -0.2) is 26.4 Å². The molecule has 0 saturated heterocycles. The summed E-state index contributed by atoms with van der Waals surface area (Å²) in [7, 11) is 4.62. The molecule has 0 fully saturated rings. The minimum atomic E-state index is -0.900. The van der Waals surface area contributed by atoms with Gasteiger partial charge < -0.3 is 23.7 Å². The van der Waals surface area contributed by atoms with Gasteiger partial charge in [-0.25, -0.2) is 0 Å². The van der Waals surface area contributed by atoms with Crippen molar-refractivity contribution < 1.29 is 23.7 Å². The first-order valence-electron chi connectivity index (χ1n) is 6.13. The molecule has 0 aliphatic heterocycles. The summed E-state index contributed by atoms with van der Waals surface area (Å²) in [5.74, 6) is 2.31. The van der Waals surface area contributed by atoms with E-state index in [-0.39, 0.29) is 0 Å². The Labute approximate surface area is 117 Å². The van der Waals surface area contributed by atoms with Crippen molar-refractivity contribution in [1.82, 2.24) is 0 Å². The number of aliphatic hydroxyl groups excluding tert-OH is 1. The highest BCUT2D eigenvalue weighted by Gasteiger charge is 2.23. The van der Waals surface area contributed by atoms with E-state index < -0.39 is 6.10 Å². The van der Waals surface area contributed by atoms with Crippen LogP contribution in [0.25, 0.3) is 0 Å². The first-order chi connectivity index (χ1) is 9.60. The standard InChI is InChI=1S/C15H18O5/c1-9-5-10(8-20-9)15(16)14-12(18-3)6-11(17-2)7-13(14)19-4/h5-8,15-16H,1-4H3. The summed E-state index contributed by atoms with van der Waals surface area (Å²) >= 11 is 0. The number of benzene rings is 1. The average molecular weight is 278 g/mol. The zero-order chi connectivity index (χ0) is 14.7. The summed E-state index contributed by atoms with van der Waals surface area (Å²) in [4.78, 5) is 0. The van der Waals surface area contributed by atoms with Gasteiger partial charge in [-0.1, -0.05) is 0 Å². The second kappa shape index (κ2) is 5.88. The molecule has 0 spiro atoms. The van der Waals surface area contributed by atoms with Crippen LogP contribution in [0.4, 0.5) is 0 Å². The predicted octanol–water partition coefficient (Wildman–Crippen LogP) is 2.70. The maximum absolute atomic E-state index is 10.5. The maximum Gasteiger partial charge on any atom is 0.132 e. The number of aryl methyl sites for hydroxylation is 1. The Morgan fingerprint density at radius 2 is 1.60 bits per heavy atom. The molecule has 1 aromatic carbocycles. The highest BCUT2D eigenvalue weighted by atomic mass is 16.5. The third kappa shape index (κ3) is 2.58. The Morgan fingerprint density at radius 3 is 2.00 bits per heavy atom. The number of ether oxygens (including phenoxy) is 3. The minimum Gasteiger partial charge on any atom is -0.496 e. The lowest BCUT2D eigenvalue weighted by Crippen LogP contribution is -2.05. The van der Waals surface area contributed by atoms with Crippen LogP contribution in [0.5, 0.6) is 17.2 Å². The molecule has 0 aliphatic carbocycles. The highest BCUT2D eigenvalue weighted by Crippen LogP contribution is 2.40. The van der Waals surface area contributed by atoms with E-state index in [1.165, 1.54) is 20.5 Å². The lowest BCUT2D eigenvalue weighted by atomic mass is 10.0. The third-order valence-electron chi connectivity index (χ3n) is 3.09. The van der Waals surface area contributed by atoms with Crippen molar-refractivity contribution in [3.8, 4) is 17.2 Å². The largest absolute Gasteiger partial charge is 0.496 e. The zero-order valence-electron chi connectivity index (χ0n) is 12.0. The Morgan fingerprint density at radius 1 is 1.00 bits per heavy atom. The molecule has 0 saturated carbocycles. The number of hydrogen-bond donors (Lipinski definition) is 1. The van der Waals surface area contributed by atoms with Gasteiger partial charge in [-0.05, 0) is 13.0 Å². The van der Waals surface area contributed by atoms with E-state index in [4.69, 9.17) is 18.6 Å². The number of furan rings is 1. The molecule has 0 aliphatic rings. The van der Waals surface area contributed by atoms with E-state index in [0.717, 1.165) is 5.76 Å². The van der Waals surface area contributed by atoms with E-state index in [2.05, 4.69) is 0 Å². The minimum absolute atomic E-state index is 0.493. The monoisotopic (exact) mass is 278 g/mol. The molecule has 1 unspecified atom stereocenters. The topological polar surface area (TPSA) is 61.1 Å². The van der Waals surface area contributed by atoms with Gasteiger partial charge in [0, 0.05) is 17.7 Å². The molecule has 108 valence electrons. The molecule has 20 heavy (non-hydrogen) atoms. The third-order valence-corrected chi connectivity index (χ3v) is 3.09. The maximum atomic E-state index is 10.5. The lowest BCUT2D eigenvalue weighted by Gasteiger charge is -2.18. The Bertz CT molecular complexity index is 563. The number of rotatable bonds is 5. The molecule has 2 aromatic rings. The molecular formula is C15H18O5. The van der Waals surface area contributed by atoms with Crippen LogP contribution in [0.2, 0.25) is 0 Å². The smallest absolute Gasteiger partial charge is 0.132 e. The van der Waals surface area contributed by atoms with Crippen LogP contribution in [0.3, 0.4) is 0 Å². The molecule has 0 radical (unpaired) electrons. The van der Waals surface area contributed by atoms with Gasteiger partial charge in [-0.15, -0.1) is 0 Å². The van der Waals surface area contributed by atoms with E-state index in [9.17, 15) is 5.11 Å². The Balaban J connectivity index is 2.53. The van der Waals surface area contributed by atoms with Gasteiger partial charge in [0.15, 0.2) is 0 Å². The fourth-order valence-electron chi connectivity index (χ4n) is 2.08. The molecule has 5 heteroatoms. The average Bonchev–Trinajstić information content (AvgIpc) is 2.91. The van der Waals surface area contributed by atoms with Gasteiger partial charge in [0.2, 0.25) is 0 Å². The normalized spacial score (nSPS) is 12.1. The molecule has 2 rings (SSSR count). The van der Waals surface area contributed by atoms with E-state index in [1.54, 1.807) is 25.3 Å². The van der Waals surface area contributed by atoms with Crippen molar-refractivity contribution in [2.24, 2.45) is 0 Å². The van der Waals surface area contributed by atoms with Crippen molar-refractivity contribution in [3.05, 3.63) is 41.3 Å². The van der Waals surface area contributed by atoms with Gasteiger partial charge in [0.05, 0.1) is 33.2 Å². The van der Waals surface area contributed by atoms with Crippen LogP contribution >= 0.6 is 0 Å². The molecule has 1 aromatic heterocycles. The first-order valence-corrected chi connectivity index (χ1v) is 6.13. The number of methoxy groups -OCH3 is 3. The van der Waals surface area contributed by atoms with Gasteiger partial charge in [-0.3, -0.25) is 0 Å². The molecule has 5 nitrogen and oxygen atoms in total. The van der Waals surface area contributed by atoms with Crippen molar-refractivity contribution in [1.29, 1.82) is 0 Å². The van der Waals surface area contributed by atoms with Crippen LogP contribution in [-0.2, 0) is 0 Å². The first kappa shape index (κ1) is 14.3. The zero-order valence-corrected chi connectivity index (χ0v) is 12.0. The molecule has 1 heterocycles. The lowest BCUT2D eigenvalue weighted by molar-refractivity contribution is 0.207. The summed E-state index contributed by atoms with van der Waals surface area (Å²) in [6.45, 7) is 1.82. The van der Waals surface area contributed by atoms with Crippen LogP contribution < -0.4 is 14.2 Å². The molecular weight excluding hydrogens is 260 g/mol. The SMILES string of the molecule is COc1cc(OC)c(C(O)c2coc(C)c2)c(OC)c1. The quantitative estimate of drug-likeness (QED) is 0.911. The molecule has 0 amide bonds. The van der Waals surface area contributed by atoms with E-state index in [0.29, 0.717) is 28.4 Å². The van der Waals surface area contributed by atoms with Crippen molar-refractivity contribution in [2.75, 3.05) is 21.3 Å². The second-order valence-corrected chi connectivity index (χ2v) is 4.34. The summed E-state index contributed by atoms with van der Waals surface area (Å²) < 4.78 is 21.1. The Hall–Kier alpha value is -2.14. The fourth-order valence-corrected chi connectivity index (χ4v) is 2.08. The predicted molar refractivity (Wildman–Crippen MR) is 73.6 cm³/mol. The van der Waals surface area contributed by atoms with Crippen LogP contribution in [0.15, 0.2) is 28.9 Å². The fraction of sp³-hybridized carbons (Fsp3) is 0.333. The molecule has 1 N–H and O–H groups in total. The number of aliphatic hydroxyl groups is 1. The van der Waals surface area contributed by atoms with Gasteiger partial charge in [0.25, 0.3) is 0 Å². The Kier molecular flexibility index (Phi) is 4.20. The van der Waals surface area contributed by atoms with Gasteiger partial charge in [0.1, 0.15) is 29.1 Å². The summed E-state index contributed by atoms with van der Waals surface area (Å²) in [5.41, 5.74) is 1.18. The molecule has 0 bridgehead atoms. The second-order valence-electron chi connectivity index (χ2n) is 4.34. The van der Waals surface area contributed by atoms with E-state index in [1.807, 2.05) is 6.92 Å². The van der Waals surface area contributed by atoms with Gasteiger partial charge >= 0.3 is 0 Å². The van der Waals surface area contributed by atoms with Crippen molar-refractivity contribution >= 4 is 0 Å². The van der Waals surface area contributed by atoms with E-state index >= 15 is 0 Å². The molecule has 1 atom stereocenters. The van der Waals surface area contributed by atoms with Crippen LogP contribution in [0.1, 0.15) is 23.0 Å². The van der Waals surface area contributed by atoms with Crippen molar-refractivity contribution in [3.63, 3.8) is 0 Å². The number of hydrogen-bond acceptors (Lipinski definition) is 5. The summed E-state index contributed by atoms with van der Waals surface area (Å²) in [5, 5.41) is 10.5. The summed E-state index contributed by atoms with van der Waals surface area (Å²) in [6.07, 6.45) is 0.617. The van der Waals surface area contributed by atoms with Gasteiger partial charge in [-0.2, -0.15) is 0 Å². The summed E-state index contributed by atoms with van der Waals surface area (Å²) in [6, 6.07) is 5.18. The highest BCUT2D eigenvalue weighted by molar-refractivity contribution is 5.54. The van der Waals surface area contributed by atoms with Crippen LogP contribution in [0, 0.1) is 6.92 Å². The van der Waals surface area contributed by atoms with Crippen molar-refractivity contribution in [2.45, 2.75) is 13.0 Å².